The molecule has 310 valence electrons. The number of aliphatic hydroxyl groups is 1. The molecule has 0 saturated carbocycles. The van der Waals surface area contributed by atoms with Crippen molar-refractivity contribution in [2.75, 3.05) is 13.2 Å². The number of hydrogen-bond acceptors (Lipinski definition) is 15. The number of hydrogen-bond donors (Lipinski definition) is 4. The zero-order chi connectivity index (χ0) is 42.8. The van der Waals surface area contributed by atoms with E-state index in [9.17, 15) is 48.6 Å². The largest absolute Gasteiger partial charge is 0.546 e. The highest BCUT2D eigenvalue weighted by Crippen LogP contribution is 2.11. The van der Waals surface area contributed by atoms with Gasteiger partial charge in [-0.3, -0.25) is 19.2 Å². The summed E-state index contributed by atoms with van der Waals surface area (Å²) in [6, 6.07) is 18.3. The summed E-state index contributed by atoms with van der Waals surface area (Å²) in [4.78, 5) is 86.8. The van der Waals surface area contributed by atoms with Crippen molar-refractivity contribution in [2.24, 2.45) is 11.8 Å². The second kappa shape index (κ2) is 27.0. The first-order valence-corrected chi connectivity index (χ1v) is 17.5. The monoisotopic (exact) mass is 792 g/mol. The van der Waals surface area contributed by atoms with Crippen molar-refractivity contribution in [3.8, 4) is 0 Å². The maximum Gasteiger partial charge on any atom is 0.365 e. The van der Waals surface area contributed by atoms with E-state index in [1.807, 2.05) is 88.4 Å². The molecule has 0 bridgehead atoms. The number of benzene rings is 2. The number of Topliss-reactive ketones (excluding diaryl/α,β-unsaturated/α-hetero) is 1. The predicted octanol–water partition coefficient (Wildman–Crippen LogP) is -2.10. The first-order valence-electron chi connectivity index (χ1n) is 17.5. The van der Waals surface area contributed by atoms with Gasteiger partial charge in [0.05, 0.1) is 25.6 Å². The van der Waals surface area contributed by atoms with Crippen molar-refractivity contribution in [1.29, 1.82) is 0 Å². The number of carboxylic acid groups (broad SMARTS) is 3. The molecule has 2 aromatic carbocycles. The molecule has 3 atom stereocenters. The lowest BCUT2D eigenvalue weighted by molar-refractivity contribution is -0.418. The number of carbonyl (C=O) groups excluding carboxylic acids is 7. The highest BCUT2D eigenvalue weighted by atomic mass is 16.5. The number of esters is 4. The van der Waals surface area contributed by atoms with Crippen molar-refractivity contribution in [2.45, 2.75) is 90.7 Å². The molecule has 0 aliphatic rings. The summed E-state index contributed by atoms with van der Waals surface area (Å²) in [5, 5.41) is 37.1. The van der Waals surface area contributed by atoms with Crippen LogP contribution in [-0.2, 0) is 70.5 Å². The van der Waals surface area contributed by atoms with Gasteiger partial charge in [-0.1, -0.05) is 88.4 Å². The topological polar surface area (TPSA) is 315 Å². The molecule has 0 fully saturated rings. The zero-order valence-corrected chi connectivity index (χ0v) is 32.0. The van der Waals surface area contributed by atoms with Crippen molar-refractivity contribution in [3.63, 3.8) is 0 Å². The summed E-state index contributed by atoms with van der Waals surface area (Å²) in [6.45, 7) is 8.65. The smallest absolute Gasteiger partial charge is 0.365 e. The molecule has 0 heterocycles. The Morgan fingerprint density at radius 2 is 1.00 bits per heavy atom. The van der Waals surface area contributed by atoms with Crippen LogP contribution in [0, 0.1) is 11.8 Å². The van der Waals surface area contributed by atoms with Gasteiger partial charge in [0.25, 0.3) is 0 Å². The summed E-state index contributed by atoms with van der Waals surface area (Å²) in [5.41, 5.74) is 5.81. The molecule has 18 heteroatoms. The van der Waals surface area contributed by atoms with E-state index >= 15 is 0 Å². The van der Waals surface area contributed by atoms with Crippen LogP contribution in [0.1, 0.15) is 70.9 Å². The van der Waals surface area contributed by atoms with Crippen molar-refractivity contribution < 1.29 is 89.2 Å². The second-order valence-corrected chi connectivity index (χ2v) is 12.9. The number of ketones is 1. The van der Waals surface area contributed by atoms with Crippen molar-refractivity contribution >= 4 is 47.6 Å². The molecule has 2 aromatic rings. The minimum absolute atomic E-state index is 0.147. The number of rotatable bonds is 21. The second-order valence-electron chi connectivity index (χ2n) is 12.9. The Morgan fingerprint density at radius 1 is 0.643 bits per heavy atom. The normalized spacial score (nSPS) is 12.5. The van der Waals surface area contributed by atoms with Gasteiger partial charge < -0.3 is 60.4 Å². The molecule has 0 spiro atoms. The maximum absolute atomic E-state index is 11.5. The van der Waals surface area contributed by atoms with Crippen LogP contribution in [0.5, 0.6) is 0 Å². The number of quaternary nitrogens is 2. The number of carboxylic acids is 3. The first kappa shape index (κ1) is 50.3. The van der Waals surface area contributed by atoms with Crippen LogP contribution in [0.4, 0.5) is 0 Å². The summed E-state index contributed by atoms with van der Waals surface area (Å²) < 4.78 is 20.4. The highest BCUT2D eigenvalue weighted by Gasteiger charge is 2.40. The van der Waals surface area contributed by atoms with Crippen LogP contribution < -0.4 is 21.7 Å². The van der Waals surface area contributed by atoms with Crippen LogP contribution in [0.15, 0.2) is 60.7 Å². The van der Waals surface area contributed by atoms with E-state index in [0.29, 0.717) is 12.8 Å². The lowest BCUT2D eigenvalue weighted by Gasteiger charge is -2.25. The standard InChI is InChI=1S/2C16H23NO4.C6H6O8/c2*1-12(2)15(17)16(19)20-10-6-9-14(18)21-11-13-7-4-3-5-8-13;7-2(8)1-6(14,5(12)13)3(9)4(10)11/h2*3-5,7-8,12,15H,6,9-11,17H2,1-2H3;14H,1H2,(H,7,8)(H,10,11)(H,12,13)/t2*15-;/m00./s1. The molecular formula is C38H52N2O16. The third-order valence-electron chi connectivity index (χ3n) is 7.55. The summed E-state index contributed by atoms with van der Waals surface area (Å²) in [6.07, 6.45) is -0.205. The maximum atomic E-state index is 11.5. The molecule has 1 unspecified atom stereocenters. The van der Waals surface area contributed by atoms with Crippen LogP contribution in [0.25, 0.3) is 0 Å². The Labute approximate surface area is 324 Å². The lowest BCUT2D eigenvalue weighted by atomic mass is 9.94. The Bertz CT molecular complexity index is 1480. The highest BCUT2D eigenvalue weighted by molar-refractivity contribution is 6.40. The van der Waals surface area contributed by atoms with Gasteiger partial charge in [-0.05, 0) is 24.0 Å². The van der Waals surface area contributed by atoms with E-state index in [1.165, 1.54) is 0 Å². The molecular weight excluding hydrogens is 740 g/mol. The molecule has 8 N–H and O–H groups in total. The molecule has 0 aromatic heterocycles. The van der Waals surface area contributed by atoms with Gasteiger partial charge in [0.15, 0.2) is 17.7 Å². The van der Waals surface area contributed by atoms with Crippen LogP contribution in [0.2, 0.25) is 0 Å². The third kappa shape index (κ3) is 21.2. The van der Waals surface area contributed by atoms with E-state index in [4.69, 9.17) is 29.2 Å². The average Bonchev–Trinajstić information content (AvgIpc) is 3.16. The quantitative estimate of drug-likeness (QED) is 0.0346. The van der Waals surface area contributed by atoms with Crippen molar-refractivity contribution in [1.82, 2.24) is 0 Å². The summed E-state index contributed by atoms with van der Waals surface area (Å²) >= 11 is 0. The fourth-order valence-electron chi connectivity index (χ4n) is 3.79. The fraction of sp³-hybridized carbons (Fsp3) is 0.474. The Hall–Kier alpha value is -5.72. The van der Waals surface area contributed by atoms with Crippen molar-refractivity contribution in [3.05, 3.63) is 71.8 Å². The van der Waals surface area contributed by atoms with Crippen LogP contribution in [-0.4, -0.2) is 88.7 Å². The number of carbonyl (C=O) groups is 8. The van der Waals surface area contributed by atoms with Crippen LogP contribution >= 0.6 is 0 Å². The Balaban J connectivity index is 0.000000830. The van der Waals surface area contributed by atoms with Gasteiger partial charge in [0.2, 0.25) is 5.78 Å². The average molecular weight is 793 g/mol. The van der Waals surface area contributed by atoms with Gasteiger partial charge in [0, 0.05) is 24.7 Å². The summed E-state index contributed by atoms with van der Waals surface area (Å²) in [7, 11) is 0. The zero-order valence-electron chi connectivity index (χ0n) is 32.0. The third-order valence-corrected chi connectivity index (χ3v) is 7.55. The van der Waals surface area contributed by atoms with E-state index in [-0.39, 0.29) is 87.1 Å². The Morgan fingerprint density at radius 3 is 1.29 bits per heavy atom. The molecule has 2 rings (SSSR count). The molecule has 56 heavy (non-hydrogen) atoms. The van der Waals surface area contributed by atoms with E-state index in [2.05, 4.69) is 11.5 Å². The minimum Gasteiger partial charge on any atom is -0.546 e. The van der Waals surface area contributed by atoms with E-state index < -0.39 is 35.7 Å². The molecule has 0 aliphatic heterocycles. The predicted molar refractivity (Wildman–Crippen MR) is 188 cm³/mol. The van der Waals surface area contributed by atoms with Gasteiger partial charge >= 0.3 is 29.8 Å². The minimum atomic E-state index is -3.59. The van der Waals surface area contributed by atoms with E-state index in [0.717, 1.165) is 11.1 Å². The molecule has 0 aliphatic carbocycles. The SMILES string of the molecule is CC(C)[C@H]([NH3+])C(=O)OCCCC(=O)OCc1ccccc1.CC(C)[C@H]([NH3+])C(=O)OCCCC(=O)OCc1ccccc1.O=C(O)CC(O)(C(=O)[O-])C(=O)C(=O)[O-]. The van der Waals surface area contributed by atoms with Gasteiger partial charge in [-0.2, -0.15) is 0 Å². The first-order chi connectivity index (χ1) is 26.2. The lowest BCUT2D eigenvalue weighted by Crippen LogP contribution is -2.67. The molecule has 0 amide bonds. The van der Waals surface area contributed by atoms with Gasteiger partial charge in [-0.15, -0.1) is 0 Å². The number of aliphatic carboxylic acids is 3. The number of ether oxygens (including phenoxy) is 4. The fourth-order valence-corrected chi connectivity index (χ4v) is 3.79. The van der Waals surface area contributed by atoms with Crippen LogP contribution in [0.3, 0.4) is 0 Å². The molecule has 18 nitrogen and oxygen atoms in total. The molecule has 0 radical (unpaired) electrons. The van der Waals surface area contributed by atoms with Gasteiger partial charge in [0.1, 0.15) is 19.2 Å². The van der Waals surface area contributed by atoms with Gasteiger partial charge in [-0.25, -0.2) is 9.59 Å². The molecule has 0 saturated heterocycles. The Kier molecular flexibility index (Phi) is 24.2. The summed E-state index contributed by atoms with van der Waals surface area (Å²) in [5.74, 6) is -10.1. The van der Waals surface area contributed by atoms with E-state index in [1.54, 1.807) is 0 Å².